The Hall–Kier alpha value is -0.612. The van der Waals surface area contributed by atoms with E-state index in [1.54, 1.807) is 14.2 Å². The van der Waals surface area contributed by atoms with E-state index in [-0.39, 0.29) is 5.22 Å². The van der Waals surface area contributed by atoms with E-state index in [9.17, 15) is 0 Å². The summed E-state index contributed by atoms with van der Waals surface area (Å²) in [5.74, 6) is 2.26. The zero-order chi connectivity index (χ0) is 22.8. The van der Waals surface area contributed by atoms with Gasteiger partial charge in [-0.1, -0.05) is 51.4 Å². The number of benzene rings is 1. The molecular formula is C23H42O3Si4. The molecule has 168 valence electrons. The summed E-state index contributed by atoms with van der Waals surface area (Å²) < 4.78 is 19.2. The van der Waals surface area contributed by atoms with E-state index in [1.165, 1.54) is 12.0 Å². The van der Waals surface area contributed by atoms with Crippen molar-refractivity contribution in [3.05, 3.63) is 35.9 Å². The van der Waals surface area contributed by atoms with Gasteiger partial charge in [0.15, 0.2) is 8.32 Å². The standard InChI is InChI=1S/C23H42O3Si4/c1-24-19-13-15-21(22(17-19)25-2)23(26-27(3,4)5)18-12-14-20(16-18)30(23,28(6,7)8)29(9,10)11/h12-15,17-18,20H,16H2,1-11H3. The number of hydrogen-bond acceptors (Lipinski definition) is 3. The smallest absolute Gasteiger partial charge is 0.184 e. The first-order valence-electron chi connectivity index (χ1n) is 11.3. The van der Waals surface area contributed by atoms with Crippen LogP contribution in [0.4, 0.5) is 0 Å². The highest BCUT2D eigenvalue weighted by molar-refractivity contribution is 7.70. The Morgan fingerprint density at radius 1 is 0.867 bits per heavy atom. The molecule has 0 saturated carbocycles. The fourth-order valence-corrected chi connectivity index (χ4v) is 64.4. The number of rotatable bonds is 7. The van der Waals surface area contributed by atoms with Crippen LogP contribution in [-0.2, 0) is 9.65 Å². The van der Waals surface area contributed by atoms with E-state index in [0.29, 0.717) is 5.92 Å². The summed E-state index contributed by atoms with van der Waals surface area (Å²) in [7, 11) is -3.43. The third kappa shape index (κ3) is 3.27. The predicted octanol–water partition coefficient (Wildman–Crippen LogP) is 6.53. The fourth-order valence-electron chi connectivity index (χ4n) is 7.45. The number of allylic oxidation sites excluding steroid dienone is 1. The summed E-state index contributed by atoms with van der Waals surface area (Å²) in [4.78, 5) is 0. The van der Waals surface area contributed by atoms with Crippen LogP contribution in [0.3, 0.4) is 0 Å². The lowest BCUT2D eigenvalue weighted by molar-refractivity contribution is 0.102. The summed E-state index contributed by atoms with van der Waals surface area (Å²) in [5.41, 5.74) is 2.03. The summed E-state index contributed by atoms with van der Waals surface area (Å²) >= 11 is 0. The highest BCUT2D eigenvalue weighted by atomic mass is 29.6. The van der Waals surface area contributed by atoms with Gasteiger partial charge in [-0.2, -0.15) is 0 Å². The third-order valence-corrected chi connectivity index (χ3v) is 48.9. The van der Waals surface area contributed by atoms with Gasteiger partial charge in [0.1, 0.15) is 11.5 Å². The number of methoxy groups -OCH3 is 2. The van der Waals surface area contributed by atoms with Gasteiger partial charge < -0.3 is 13.9 Å². The summed E-state index contributed by atoms with van der Waals surface area (Å²) in [6.45, 7) is 23.0. The van der Waals surface area contributed by atoms with Gasteiger partial charge in [0.2, 0.25) is 0 Å². The normalized spacial score (nSPS) is 28.1. The van der Waals surface area contributed by atoms with E-state index in [1.807, 2.05) is 0 Å². The van der Waals surface area contributed by atoms with Crippen molar-refractivity contribution in [2.24, 2.45) is 5.92 Å². The second-order valence-corrected chi connectivity index (χ2v) is 43.9. The lowest BCUT2D eigenvalue weighted by atomic mass is 9.94. The molecule has 3 unspecified atom stereocenters. The maximum atomic E-state index is 7.59. The average molecular weight is 479 g/mol. The molecule has 0 radical (unpaired) electrons. The summed E-state index contributed by atoms with van der Waals surface area (Å²) in [6.07, 6.45) is 6.37. The van der Waals surface area contributed by atoms with Crippen molar-refractivity contribution in [1.29, 1.82) is 0 Å². The molecule has 0 spiro atoms. The molecule has 7 heteroatoms. The van der Waals surface area contributed by atoms with Crippen LogP contribution >= 0.6 is 0 Å². The van der Waals surface area contributed by atoms with Crippen LogP contribution in [0.5, 0.6) is 11.5 Å². The van der Waals surface area contributed by atoms with Crippen molar-refractivity contribution in [3.8, 4) is 11.5 Å². The van der Waals surface area contributed by atoms with E-state index in [4.69, 9.17) is 13.9 Å². The first-order valence-corrected chi connectivity index (χ1v) is 25.8. The molecule has 2 aliphatic rings. The molecule has 0 aromatic heterocycles. The monoisotopic (exact) mass is 478 g/mol. The van der Waals surface area contributed by atoms with Gasteiger partial charge in [0.25, 0.3) is 0 Å². The zero-order valence-electron chi connectivity index (χ0n) is 21.0. The van der Waals surface area contributed by atoms with Crippen LogP contribution in [0, 0.1) is 5.92 Å². The molecule has 1 aromatic carbocycles. The molecule has 1 aliphatic heterocycles. The Morgan fingerprint density at radius 3 is 1.93 bits per heavy atom. The lowest BCUT2D eigenvalue weighted by Gasteiger charge is -2.63. The highest BCUT2D eigenvalue weighted by Gasteiger charge is 2.77. The molecule has 1 heterocycles. The van der Waals surface area contributed by atoms with Crippen LogP contribution in [-0.4, -0.2) is 44.8 Å². The van der Waals surface area contributed by atoms with E-state index < -0.39 is 30.6 Å². The molecule has 1 aromatic rings. The third-order valence-electron chi connectivity index (χ3n) is 7.39. The maximum absolute atomic E-state index is 7.59. The average Bonchev–Trinajstić information content (AvgIpc) is 3.17. The molecule has 2 bridgehead atoms. The van der Waals surface area contributed by atoms with E-state index >= 15 is 0 Å². The van der Waals surface area contributed by atoms with Gasteiger partial charge in [-0.25, -0.2) is 0 Å². The molecule has 1 saturated heterocycles. The minimum absolute atomic E-state index is 0.191. The Morgan fingerprint density at radius 2 is 1.47 bits per heavy atom. The Bertz CT molecular complexity index is 818. The van der Waals surface area contributed by atoms with Crippen LogP contribution in [0.15, 0.2) is 30.4 Å². The van der Waals surface area contributed by atoms with E-state index in [2.05, 4.69) is 89.3 Å². The molecule has 30 heavy (non-hydrogen) atoms. The minimum Gasteiger partial charge on any atom is -0.497 e. The largest absolute Gasteiger partial charge is 0.497 e. The number of ether oxygens (including phenoxy) is 2. The van der Waals surface area contributed by atoms with Crippen LogP contribution in [0.2, 0.25) is 64.5 Å². The van der Waals surface area contributed by atoms with Gasteiger partial charge in [-0.05, 0) is 43.7 Å². The van der Waals surface area contributed by atoms with Crippen molar-refractivity contribution in [2.75, 3.05) is 14.2 Å². The second kappa shape index (κ2) is 7.47. The van der Waals surface area contributed by atoms with Gasteiger partial charge in [-0.15, -0.1) is 0 Å². The first-order chi connectivity index (χ1) is 13.7. The summed E-state index contributed by atoms with van der Waals surface area (Å²) in [6, 6.07) is 6.48. The quantitative estimate of drug-likeness (QED) is 0.329. The fraction of sp³-hybridized carbons (Fsp3) is 0.652. The number of hydrogen-bond donors (Lipinski definition) is 0. The van der Waals surface area contributed by atoms with Crippen molar-refractivity contribution < 1.29 is 13.9 Å². The lowest BCUT2D eigenvalue weighted by Crippen LogP contribution is -2.83. The molecule has 3 atom stereocenters. The molecule has 0 amide bonds. The van der Waals surface area contributed by atoms with Crippen molar-refractivity contribution in [2.45, 2.75) is 76.1 Å². The molecule has 1 aliphatic carbocycles. The Kier molecular flexibility index (Phi) is 5.99. The predicted molar refractivity (Wildman–Crippen MR) is 139 cm³/mol. The van der Waals surface area contributed by atoms with Crippen LogP contribution in [0.25, 0.3) is 0 Å². The van der Waals surface area contributed by atoms with Crippen molar-refractivity contribution >= 4 is 30.6 Å². The van der Waals surface area contributed by atoms with Crippen molar-refractivity contribution in [1.82, 2.24) is 0 Å². The molecule has 1 fully saturated rings. The van der Waals surface area contributed by atoms with Gasteiger partial charge >= 0.3 is 0 Å². The molecule has 0 N–H and O–H groups in total. The van der Waals surface area contributed by atoms with Gasteiger partial charge in [-0.3, -0.25) is 0 Å². The second-order valence-electron chi connectivity index (χ2n) is 12.2. The molecule has 3 rings (SSSR count). The topological polar surface area (TPSA) is 27.7 Å². The summed E-state index contributed by atoms with van der Waals surface area (Å²) in [5, 5.41) is -0.191. The van der Waals surface area contributed by atoms with E-state index in [0.717, 1.165) is 17.0 Å². The van der Waals surface area contributed by atoms with Gasteiger partial charge in [0.05, 0.1) is 26.6 Å². The number of fused-ring (bicyclic) bond motifs is 2. The maximum Gasteiger partial charge on any atom is 0.184 e. The Balaban J connectivity index is 2.48. The minimum atomic E-state index is -1.94. The highest BCUT2D eigenvalue weighted by Crippen LogP contribution is 2.68. The van der Waals surface area contributed by atoms with Gasteiger partial charge in [0, 0.05) is 32.7 Å². The van der Waals surface area contributed by atoms with Crippen LogP contribution < -0.4 is 9.47 Å². The Labute approximate surface area is 187 Å². The zero-order valence-corrected chi connectivity index (χ0v) is 25.0. The molecule has 3 nitrogen and oxygen atoms in total. The molecular weight excluding hydrogens is 437 g/mol. The first kappa shape index (κ1) is 24.0. The van der Waals surface area contributed by atoms with Crippen LogP contribution in [0.1, 0.15) is 12.0 Å². The SMILES string of the molecule is COc1ccc(C2(O[Si](C)(C)C)C3C=CC(C3)[Si]2([Si](C)(C)C)[Si](C)(C)C)c(OC)c1. The van der Waals surface area contributed by atoms with Crippen molar-refractivity contribution in [3.63, 3.8) is 0 Å².